The van der Waals surface area contributed by atoms with E-state index in [0.717, 1.165) is 26.2 Å². The van der Waals surface area contributed by atoms with Gasteiger partial charge in [-0.25, -0.2) is 4.98 Å². The highest BCUT2D eigenvalue weighted by Crippen LogP contribution is 2.18. The van der Waals surface area contributed by atoms with Crippen LogP contribution >= 0.6 is 0 Å². The molecule has 1 amide bonds. The minimum atomic E-state index is 0.0828. The summed E-state index contributed by atoms with van der Waals surface area (Å²) in [5, 5.41) is 28.4. The molecule has 9 heteroatoms. The van der Waals surface area contributed by atoms with Crippen LogP contribution in [0.15, 0.2) is 30.5 Å². The quantitative estimate of drug-likeness (QED) is 0.557. The second kappa shape index (κ2) is 9.53. The number of aromatic nitrogens is 2. The smallest absolute Gasteiger partial charge is 0.224 e. The van der Waals surface area contributed by atoms with Crippen molar-refractivity contribution in [3.8, 4) is 11.8 Å². The summed E-state index contributed by atoms with van der Waals surface area (Å²) >= 11 is 0. The number of amides is 1. The molecule has 2 aromatic rings. The van der Waals surface area contributed by atoms with E-state index in [1.54, 1.807) is 18.2 Å². The summed E-state index contributed by atoms with van der Waals surface area (Å²) in [4.78, 5) is 22.5. The number of nitriles is 1. The van der Waals surface area contributed by atoms with Crippen molar-refractivity contribution in [1.82, 2.24) is 20.2 Å². The number of para-hydroxylation sites is 1. The zero-order valence-corrected chi connectivity index (χ0v) is 15.5. The maximum absolute atomic E-state index is 12.2. The normalized spacial score (nSPS) is 13.6. The molecule has 0 bridgehead atoms. The number of rotatable bonds is 7. The third-order valence-corrected chi connectivity index (χ3v) is 4.44. The molecule has 0 unspecified atom stereocenters. The van der Waals surface area contributed by atoms with Crippen LogP contribution in [-0.2, 0) is 11.3 Å². The number of benzene rings is 1. The molecule has 2 heterocycles. The summed E-state index contributed by atoms with van der Waals surface area (Å²) in [6.07, 6.45) is 1.76. The van der Waals surface area contributed by atoms with Crippen LogP contribution in [0.4, 0.5) is 11.8 Å². The molecule has 1 aliphatic heterocycles. The SMILES string of the molecule is N#Cc1cnc(NCc2ccccc2O)nc1NCCC(=O)N1CCNCC1. The maximum atomic E-state index is 12.2. The number of hydrogen-bond donors (Lipinski definition) is 4. The molecule has 1 saturated heterocycles. The van der Waals surface area contributed by atoms with Gasteiger partial charge in [0.15, 0.2) is 0 Å². The van der Waals surface area contributed by atoms with Gasteiger partial charge in [0, 0.05) is 51.3 Å². The number of carbonyl (C=O) groups is 1. The Kier molecular flexibility index (Phi) is 6.59. The van der Waals surface area contributed by atoms with Crippen LogP contribution < -0.4 is 16.0 Å². The lowest BCUT2D eigenvalue weighted by molar-refractivity contribution is -0.131. The summed E-state index contributed by atoms with van der Waals surface area (Å²) in [5.41, 5.74) is 1.02. The number of phenolic OH excluding ortho intramolecular Hbond substituents is 1. The van der Waals surface area contributed by atoms with Gasteiger partial charge in [-0.2, -0.15) is 10.2 Å². The first kappa shape index (κ1) is 19.4. The van der Waals surface area contributed by atoms with E-state index >= 15 is 0 Å². The molecule has 3 rings (SSSR count). The van der Waals surface area contributed by atoms with Gasteiger partial charge < -0.3 is 26.0 Å². The van der Waals surface area contributed by atoms with Crippen LogP contribution in [0.1, 0.15) is 17.5 Å². The third-order valence-electron chi connectivity index (χ3n) is 4.44. The minimum Gasteiger partial charge on any atom is -0.508 e. The van der Waals surface area contributed by atoms with E-state index in [1.807, 2.05) is 17.0 Å². The van der Waals surface area contributed by atoms with Gasteiger partial charge in [0.2, 0.25) is 11.9 Å². The van der Waals surface area contributed by atoms with Crippen LogP contribution in [0.25, 0.3) is 0 Å². The van der Waals surface area contributed by atoms with Gasteiger partial charge >= 0.3 is 0 Å². The van der Waals surface area contributed by atoms with Crippen molar-refractivity contribution in [2.24, 2.45) is 0 Å². The summed E-state index contributed by atoms with van der Waals surface area (Å²) in [6.45, 7) is 3.80. The first-order valence-corrected chi connectivity index (χ1v) is 9.17. The number of phenols is 1. The van der Waals surface area contributed by atoms with Crippen molar-refractivity contribution in [2.75, 3.05) is 43.4 Å². The van der Waals surface area contributed by atoms with E-state index in [-0.39, 0.29) is 11.7 Å². The zero-order chi connectivity index (χ0) is 19.8. The lowest BCUT2D eigenvalue weighted by Gasteiger charge is -2.27. The Morgan fingerprint density at radius 3 is 2.82 bits per heavy atom. The third kappa shape index (κ3) is 5.08. The van der Waals surface area contributed by atoms with Crippen molar-refractivity contribution in [3.05, 3.63) is 41.6 Å². The first-order valence-electron chi connectivity index (χ1n) is 9.17. The number of nitrogens with one attached hydrogen (secondary N) is 3. The van der Waals surface area contributed by atoms with Gasteiger partial charge in [0.25, 0.3) is 0 Å². The Balaban J connectivity index is 1.57. The fourth-order valence-electron chi connectivity index (χ4n) is 2.88. The number of aromatic hydroxyl groups is 1. The maximum Gasteiger partial charge on any atom is 0.224 e. The summed E-state index contributed by atoms with van der Waals surface area (Å²) in [5.74, 6) is 0.983. The van der Waals surface area contributed by atoms with E-state index in [4.69, 9.17) is 0 Å². The molecule has 4 N–H and O–H groups in total. The lowest BCUT2D eigenvalue weighted by atomic mass is 10.2. The highest BCUT2D eigenvalue weighted by atomic mass is 16.3. The molecule has 0 saturated carbocycles. The molecule has 0 aliphatic carbocycles. The molecule has 0 radical (unpaired) electrons. The summed E-state index contributed by atoms with van der Waals surface area (Å²) < 4.78 is 0. The predicted molar refractivity (Wildman–Crippen MR) is 105 cm³/mol. The van der Waals surface area contributed by atoms with E-state index in [9.17, 15) is 15.2 Å². The van der Waals surface area contributed by atoms with Gasteiger partial charge in [-0.05, 0) is 6.07 Å². The Bertz CT molecular complexity index is 860. The molecule has 1 aromatic heterocycles. The van der Waals surface area contributed by atoms with Gasteiger partial charge in [-0.1, -0.05) is 18.2 Å². The molecular weight excluding hydrogens is 358 g/mol. The Labute approximate surface area is 163 Å². The lowest BCUT2D eigenvalue weighted by Crippen LogP contribution is -2.46. The van der Waals surface area contributed by atoms with Gasteiger partial charge in [-0.15, -0.1) is 0 Å². The van der Waals surface area contributed by atoms with E-state index in [0.29, 0.717) is 42.4 Å². The Morgan fingerprint density at radius 2 is 2.07 bits per heavy atom. The Hall–Kier alpha value is -3.38. The second-order valence-corrected chi connectivity index (χ2v) is 6.36. The standard InChI is InChI=1S/C19H23N7O2/c20-11-15-13-24-19(23-12-14-3-1-2-4-16(14)27)25-18(15)22-6-5-17(28)26-9-7-21-8-10-26/h1-4,13,21,27H,5-10,12H2,(H2,22,23,24,25). The summed E-state index contributed by atoms with van der Waals surface area (Å²) in [6, 6.07) is 9.04. The van der Waals surface area contributed by atoms with Crippen LogP contribution in [0.2, 0.25) is 0 Å². The first-order chi connectivity index (χ1) is 13.7. The van der Waals surface area contributed by atoms with Crippen LogP contribution in [0.3, 0.4) is 0 Å². The molecule has 146 valence electrons. The fourth-order valence-corrected chi connectivity index (χ4v) is 2.88. The van der Waals surface area contributed by atoms with Crippen molar-refractivity contribution in [2.45, 2.75) is 13.0 Å². The van der Waals surface area contributed by atoms with Crippen molar-refractivity contribution < 1.29 is 9.90 Å². The number of carbonyl (C=O) groups excluding carboxylic acids is 1. The average Bonchev–Trinajstić information content (AvgIpc) is 2.74. The average molecular weight is 381 g/mol. The summed E-state index contributed by atoms with van der Waals surface area (Å²) in [7, 11) is 0. The van der Waals surface area contributed by atoms with Gasteiger partial charge in [-0.3, -0.25) is 4.79 Å². The van der Waals surface area contributed by atoms with Crippen molar-refractivity contribution in [3.63, 3.8) is 0 Å². The highest BCUT2D eigenvalue weighted by molar-refractivity contribution is 5.77. The topological polar surface area (TPSA) is 126 Å². The Morgan fingerprint density at radius 1 is 1.29 bits per heavy atom. The molecule has 1 aromatic carbocycles. The minimum absolute atomic E-state index is 0.0828. The molecule has 9 nitrogen and oxygen atoms in total. The van der Waals surface area contributed by atoms with Crippen LogP contribution in [0, 0.1) is 11.3 Å². The molecule has 28 heavy (non-hydrogen) atoms. The molecule has 0 spiro atoms. The predicted octanol–water partition coefficient (Wildman–Crippen LogP) is 0.900. The van der Waals surface area contributed by atoms with Crippen molar-refractivity contribution >= 4 is 17.7 Å². The van der Waals surface area contributed by atoms with Crippen molar-refractivity contribution in [1.29, 1.82) is 5.26 Å². The van der Waals surface area contributed by atoms with E-state index < -0.39 is 0 Å². The van der Waals surface area contributed by atoms with Crippen LogP contribution in [-0.4, -0.2) is 58.6 Å². The highest BCUT2D eigenvalue weighted by Gasteiger charge is 2.16. The number of anilines is 2. The number of piperazine rings is 1. The monoisotopic (exact) mass is 381 g/mol. The molecule has 0 atom stereocenters. The van der Waals surface area contributed by atoms with Crippen LogP contribution in [0.5, 0.6) is 5.75 Å². The van der Waals surface area contributed by atoms with E-state index in [2.05, 4.69) is 25.9 Å². The molecule has 1 fully saturated rings. The number of nitrogens with zero attached hydrogens (tertiary/aromatic N) is 4. The molecule has 1 aliphatic rings. The van der Waals surface area contributed by atoms with E-state index in [1.165, 1.54) is 6.20 Å². The molecular formula is C19H23N7O2. The van der Waals surface area contributed by atoms with Gasteiger partial charge in [0.05, 0.1) is 6.20 Å². The fraction of sp³-hybridized carbons (Fsp3) is 0.368. The zero-order valence-electron chi connectivity index (χ0n) is 15.5. The largest absolute Gasteiger partial charge is 0.508 e. The second-order valence-electron chi connectivity index (χ2n) is 6.36. The van der Waals surface area contributed by atoms with Gasteiger partial charge in [0.1, 0.15) is 23.2 Å². The number of hydrogen-bond acceptors (Lipinski definition) is 8.